The van der Waals surface area contributed by atoms with Crippen LogP contribution in [-0.4, -0.2) is 27.7 Å². The topological polar surface area (TPSA) is 97.0 Å². The first-order valence-corrected chi connectivity index (χ1v) is 9.45. The average molecular weight is 374 g/mol. The van der Waals surface area contributed by atoms with Crippen LogP contribution < -0.4 is 10.4 Å². The largest absolute Gasteiger partial charge is 0.507 e. The van der Waals surface area contributed by atoms with Crippen molar-refractivity contribution < 1.29 is 24.2 Å². The van der Waals surface area contributed by atoms with Crippen molar-refractivity contribution in [2.45, 2.75) is 71.5 Å². The Morgan fingerprint density at radius 1 is 1.30 bits per heavy atom. The van der Waals surface area contributed by atoms with E-state index in [4.69, 9.17) is 9.15 Å². The van der Waals surface area contributed by atoms with Gasteiger partial charge in [0, 0.05) is 24.5 Å². The monoisotopic (exact) mass is 374 g/mol. The molecule has 1 aliphatic heterocycles. The summed E-state index contributed by atoms with van der Waals surface area (Å²) in [7, 11) is 0. The molecule has 1 atom stereocenters. The average Bonchev–Trinajstić information content (AvgIpc) is 3.01. The van der Waals surface area contributed by atoms with Crippen molar-refractivity contribution in [1.29, 1.82) is 0 Å². The normalized spacial score (nSPS) is 16.4. The first kappa shape index (κ1) is 19.4. The fraction of sp³-hybridized carbons (Fsp3) is 0.524. The van der Waals surface area contributed by atoms with Gasteiger partial charge in [0.2, 0.25) is 0 Å². The number of ketones is 1. The summed E-state index contributed by atoms with van der Waals surface area (Å²) >= 11 is 0. The number of Topliss-reactive ketones (excluding diaryl/α,β-unsaturated/α-hetero) is 1. The van der Waals surface area contributed by atoms with Gasteiger partial charge in [0.25, 0.3) is 0 Å². The number of phenolic OH excluding ortho intramolecular Hbond substituents is 1. The quantitative estimate of drug-likeness (QED) is 0.593. The molecular formula is C21H26O6. The molecule has 1 unspecified atom stereocenters. The highest BCUT2D eigenvalue weighted by atomic mass is 16.5. The summed E-state index contributed by atoms with van der Waals surface area (Å²) in [6, 6.07) is 1.41. The summed E-state index contributed by atoms with van der Waals surface area (Å²) in [4.78, 5) is 24.8. The number of aryl methyl sites for hydroxylation is 1. The molecule has 6 nitrogen and oxygen atoms in total. The van der Waals surface area contributed by atoms with E-state index in [-0.39, 0.29) is 35.5 Å². The third-order valence-electron chi connectivity index (χ3n) is 5.01. The fourth-order valence-electron chi connectivity index (χ4n) is 3.64. The van der Waals surface area contributed by atoms with Crippen molar-refractivity contribution in [3.05, 3.63) is 33.2 Å². The van der Waals surface area contributed by atoms with Crippen molar-refractivity contribution in [1.82, 2.24) is 0 Å². The Morgan fingerprint density at radius 2 is 2.00 bits per heavy atom. The Bertz CT molecular complexity index is 948. The number of phenols is 1. The highest BCUT2D eigenvalue weighted by Gasteiger charge is 2.40. The summed E-state index contributed by atoms with van der Waals surface area (Å²) in [6.45, 7) is 7.14. The molecule has 2 heterocycles. The van der Waals surface area contributed by atoms with E-state index in [1.807, 2.05) is 13.8 Å². The highest BCUT2D eigenvalue weighted by molar-refractivity contribution is 6.11. The number of carbonyl (C=O) groups excluding carboxylic acids is 1. The Kier molecular flexibility index (Phi) is 5.04. The number of hydrogen-bond donors (Lipinski definition) is 2. The molecule has 2 aromatic rings. The number of ether oxygens (including phenoxy) is 1. The van der Waals surface area contributed by atoms with Gasteiger partial charge < -0.3 is 19.4 Å². The molecule has 0 radical (unpaired) electrons. The van der Waals surface area contributed by atoms with E-state index < -0.39 is 17.3 Å². The molecule has 2 N–H and O–H groups in total. The van der Waals surface area contributed by atoms with Gasteiger partial charge in [0.1, 0.15) is 23.2 Å². The number of hydrogen-bond acceptors (Lipinski definition) is 6. The molecule has 0 saturated heterocycles. The lowest BCUT2D eigenvalue weighted by molar-refractivity contribution is -0.0225. The second kappa shape index (κ2) is 7.00. The van der Waals surface area contributed by atoms with E-state index in [0.717, 1.165) is 12.0 Å². The maximum absolute atomic E-state index is 12.7. The minimum atomic E-state index is -1.13. The molecular weight excluding hydrogens is 348 g/mol. The van der Waals surface area contributed by atoms with E-state index >= 15 is 0 Å². The lowest BCUT2D eigenvalue weighted by Crippen LogP contribution is -2.39. The van der Waals surface area contributed by atoms with Gasteiger partial charge in [-0.15, -0.1) is 0 Å². The van der Waals surface area contributed by atoms with Crippen molar-refractivity contribution in [2.24, 2.45) is 0 Å². The second-order valence-electron chi connectivity index (χ2n) is 7.71. The van der Waals surface area contributed by atoms with Crippen LogP contribution >= 0.6 is 0 Å². The molecule has 146 valence electrons. The third kappa shape index (κ3) is 3.34. The number of aliphatic hydroxyl groups is 1. The molecule has 0 aliphatic carbocycles. The van der Waals surface area contributed by atoms with Gasteiger partial charge in [-0.25, -0.2) is 4.79 Å². The molecule has 0 amide bonds. The van der Waals surface area contributed by atoms with Crippen LogP contribution in [0.3, 0.4) is 0 Å². The molecule has 0 fully saturated rings. The molecule has 6 heteroatoms. The van der Waals surface area contributed by atoms with Gasteiger partial charge in [-0.05, 0) is 32.3 Å². The van der Waals surface area contributed by atoms with Crippen LogP contribution in [0.2, 0.25) is 0 Å². The van der Waals surface area contributed by atoms with Crippen molar-refractivity contribution >= 4 is 16.8 Å². The number of fused-ring (bicyclic) bond motifs is 3. The Labute approximate surface area is 157 Å². The van der Waals surface area contributed by atoms with Gasteiger partial charge in [-0.3, -0.25) is 4.79 Å². The lowest BCUT2D eigenvalue weighted by atomic mass is 9.91. The van der Waals surface area contributed by atoms with Crippen LogP contribution in [0.15, 0.2) is 15.3 Å². The first-order chi connectivity index (χ1) is 12.7. The van der Waals surface area contributed by atoms with Crippen LogP contribution in [0.4, 0.5) is 0 Å². The molecule has 27 heavy (non-hydrogen) atoms. The summed E-state index contributed by atoms with van der Waals surface area (Å²) in [5, 5.41) is 21.8. The van der Waals surface area contributed by atoms with Gasteiger partial charge >= 0.3 is 5.63 Å². The van der Waals surface area contributed by atoms with E-state index in [1.165, 1.54) is 6.07 Å². The Balaban J connectivity index is 2.38. The number of rotatable bonds is 6. The van der Waals surface area contributed by atoms with Crippen LogP contribution in [0.5, 0.6) is 11.5 Å². The van der Waals surface area contributed by atoms with Crippen LogP contribution in [0.25, 0.3) is 11.0 Å². The summed E-state index contributed by atoms with van der Waals surface area (Å²) < 4.78 is 11.4. The number of carbonyl (C=O) groups is 1. The molecule has 1 aliphatic rings. The smallest absolute Gasteiger partial charge is 0.336 e. The number of benzene rings is 1. The molecule has 3 rings (SSSR count). The predicted molar refractivity (Wildman–Crippen MR) is 102 cm³/mol. The minimum absolute atomic E-state index is 0.0423. The van der Waals surface area contributed by atoms with Gasteiger partial charge in [0.05, 0.1) is 11.0 Å². The Morgan fingerprint density at radius 3 is 2.59 bits per heavy atom. The minimum Gasteiger partial charge on any atom is -0.507 e. The Hall–Kier alpha value is -2.34. The summed E-state index contributed by atoms with van der Waals surface area (Å²) in [5.74, 6) is -0.0827. The van der Waals surface area contributed by atoms with Crippen LogP contribution in [0, 0.1) is 0 Å². The third-order valence-corrected chi connectivity index (χ3v) is 5.01. The zero-order valence-electron chi connectivity index (χ0n) is 16.2. The van der Waals surface area contributed by atoms with E-state index in [0.29, 0.717) is 29.5 Å². The van der Waals surface area contributed by atoms with Crippen LogP contribution in [-0.2, 0) is 12.8 Å². The summed E-state index contributed by atoms with van der Waals surface area (Å²) in [5.41, 5.74) is -0.362. The van der Waals surface area contributed by atoms with Gasteiger partial charge in [-0.1, -0.05) is 20.3 Å². The maximum Gasteiger partial charge on any atom is 0.336 e. The van der Waals surface area contributed by atoms with Gasteiger partial charge in [0.15, 0.2) is 11.4 Å². The first-order valence-electron chi connectivity index (χ1n) is 9.45. The lowest BCUT2D eigenvalue weighted by Gasteiger charge is -2.24. The van der Waals surface area contributed by atoms with Crippen molar-refractivity contribution in [3.63, 3.8) is 0 Å². The zero-order valence-corrected chi connectivity index (χ0v) is 16.2. The fourth-order valence-corrected chi connectivity index (χ4v) is 3.64. The van der Waals surface area contributed by atoms with E-state index in [1.54, 1.807) is 13.8 Å². The van der Waals surface area contributed by atoms with Gasteiger partial charge in [-0.2, -0.15) is 0 Å². The summed E-state index contributed by atoms with van der Waals surface area (Å²) in [6.07, 6.45) is 1.95. The molecule has 1 aromatic carbocycles. The zero-order chi connectivity index (χ0) is 19.9. The molecule has 0 spiro atoms. The van der Waals surface area contributed by atoms with Crippen LogP contribution in [0.1, 0.15) is 68.4 Å². The number of aromatic hydroxyl groups is 1. The molecule has 1 aromatic heterocycles. The molecule has 0 saturated carbocycles. The predicted octanol–water partition coefficient (Wildman–Crippen LogP) is 3.51. The maximum atomic E-state index is 12.7. The second-order valence-corrected chi connectivity index (χ2v) is 7.71. The van der Waals surface area contributed by atoms with Crippen molar-refractivity contribution in [3.8, 4) is 11.5 Å². The highest BCUT2D eigenvalue weighted by Crippen LogP contribution is 2.47. The van der Waals surface area contributed by atoms with E-state index in [9.17, 15) is 19.8 Å². The SMILES string of the molecule is CCCC(=O)c1c(O)c2c(c3c(CCC)cc(=O)oc13)OC(C(C)(C)O)C2. The van der Waals surface area contributed by atoms with E-state index in [2.05, 4.69) is 0 Å². The van der Waals surface area contributed by atoms with Crippen molar-refractivity contribution in [2.75, 3.05) is 0 Å². The molecule has 0 bridgehead atoms. The standard InChI is InChI=1S/C21H26O6/c1-5-7-11-9-15(23)27-20-16(11)19-12(10-14(26-19)21(3,4)25)18(24)17(20)13(22)8-6-2/h9,14,24-25H,5-8,10H2,1-4H3.